The number of aliphatic hydroxyl groups excluding tert-OH is 1. The van der Waals surface area contributed by atoms with Gasteiger partial charge in [0, 0.05) is 0 Å². The molecule has 2 N–H and O–H groups in total. The van der Waals surface area contributed by atoms with Crippen LogP contribution in [0.1, 0.15) is 37.0 Å². The minimum Gasteiger partial charge on any atom is -0.479 e. The third kappa shape index (κ3) is 3.06. The molecule has 1 aromatic carbocycles. The van der Waals surface area contributed by atoms with E-state index in [-0.39, 0.29) is 0 Å². The van der Waals surface area contributed by atoms with Crippen LogP contribution >= 0.6 is 0 Å². The average molecular weight is 208 g/mol. The Kier molecular flexibility index (Phi) is 4.31. The van der Waals surface area contributed by atoms with Crippen LogP contribution in [-0.2, 0) is 11.2 Å². The third-order valence-corrected chi connectivity index (χ3v) is 2.38. The van der Waals surface area contributed by atoms with Crippen LogP contribution in [0.4, 0.5) is 0 Å². The Bertz CT molecular complexity index is 333. The molecule has 0 aliphatic heterocycles. The zero-order valence-corrected chi connectivity index (χ0v) is 8.81. The Morgan fingerprint density at radius 1 is 1.40 bits per heavy atom. The minimum absolute atomic E-state index is 0.512. The number of rotatable bonds is 5. The smallest absolute Gasteiger partial charge is 0.337 e. The largest absolute Gasteiger partial charge is 0.479 e. The summed E-state index contributed by atoms with van der Waals surface area (Å²) in [5.41, 5.74) is 1.44. The minimum atomic E-state index is -1.40. The molecule has 0 heterocycles. The molecule has 0 aliphatic carbocycles. The van der Waals surface area contributed by atoms with E-state index in [2.05, 4.69) is 6.92 Å². The summed E-state index contributed by atoms with van der Waals surface area (Å²) in [6.45, 7) is 2.08. The highest BCUT2D eigenvalue weighted by atomic mass is 16.4. The van der Waals surface area contributed by atoms with Crippen LogP contribution in [0.25, 0.3) is 0 Å². The number of carboxylic acids is 1. The van der Waals surface area contributed by atoms with Gasteiger partial charge in [0.2, 0.25) is 0 Å². The molecule has 0 amide bonds. The second-order valence-corrected chi connectivity index (χ2v) is 3.54. The fourth-order valence-corrected chi connectivity index (χ4v) is 1.53. The molecule has 0 fully saturated rings. The predicted molar refractivity (Wildman–Crippen MR) is 57.6 cm³/mol. The molecule has 0 spiro atoms. The molecule has 1 unspecified atom stereocenters. The lowest BCUT2D eigenvalue weighted by molar-refractivity contribution is -0.147. The van der Waals surface area contributed by atoms with Crippen LogP contribution < -0.4 is 0 Å². The summed E-state index contributed by atoms with van der Waals surface area (Å²) in [7, 11) is 0. The van der Waals surface area contributed by atoms with Gasteiger partial charge in [-0.3, -0.25) is 0 Å². The van der Waals surface area contributed by atoms with Crippen molar-refractivity contribution in [2.45, 2.75) is 32.3 Å². The van der Waals surface area contributed by atoms with E-state index in [4.69, 9.17) is 5.11 Å². The maximum Gasteiger partial charge on any atom is 0.337 e. The molecular formula is C12H16O3. The summed E-state index contributed by atoms with van der Waals surface area (Å²) < 4.78 is 0. The Hall–Kier alpha value is -1.35. The summed E-state index contributed by atoms with van der Waals surface area (Å²) in [5, 5.41) is 18.2. The second kappa shape index (κ2) is 5.51. The van der Waals surface area contributed by atoms with E-state index in [1.807, 2.05) is 12.1 Å². The lowest BCUT2D eigenvalue weighted by Gasteiger charge is -2.11. The number of carboxylic acid groups (broad SMARTS) is 1. The van der Waals surface area contributed by atoms with Crippen LogP contribution in [0.2, 0.25) is 0 Å². The molecule has 0 radical (unpaired) electrons. The standard InChI is InChI=1S/C12H16O3/c1-2-3-6-9-7-4-5-8-10(9)11(13)12(14)15/h4-5,7-8,11,13H,2-3,6H2,1H3,(H,14,15). The van der Waals surface area contributed by atoms with Crippen molar-refractivity contribution in [3.63, 3.8) is 0 Å². The van der Waals surface area contributed by atoms with Crippen molar-refractivity contribution in [2.24, 2.45) is 0 Å². The lowest BCUT2D eigenvalue weighted by Crippen LogP contribution is -2.12. The first-order valence-corrected chi connectivity index (χ1v) is 5.15. The van der Waals surface area contributed by atoms with Gasteiger partial charge in [-0.15, -0.1) is 0 Å². The Morgan fingerprint density at radius 3 is 2.67 bits per heavy atom. The second-order valence-electron chi connectivity index (χ2n) is 3.54. The number of hydrogen-bond donors (Lipinski definition) is 2. The summed E-state index contributed by atoms with van der Waals surface area (Å²) in [5.74, 6) is -1.20. The number of hydrogen-bond acceptors (Lipinski definition) is 2. The van der Waals surface area contributed by atoms with Gasteiger partial charge in [-0.25, -0.2) is 4.79 Å². The zero-order chi connectivity index (χ0) is 11.3. The van der Waals surface area contributed by atoms with Gasteiger partial charge in [0.25, 0.3) is 0 Å². The lowest BCUT2D eigenvalue weighted by atomic mass is 9.98. The first-order valence-electron chi connectivity index (χ1n) is 5.15. The van der Waals surface area contributed by atoms with Gasteiger partial charge in [0.05, 0.1) is 0 Å². The average Bonchev–Trinajstić information content (AvgIpc) is 2.25. The molecule has 3 heteroatoms. The molecule has 82 valence electrons. The van der Waals surface area contributed by atoms with Crippen LogP contribution in [0.15, 0.2) is 24.3 Å². The van der Waals surface area contributed by atoms with Crippen LogP contribution in [0, 0.1) is 0 Å². The van der Waals surface area contributed by atoms with Gasteiger partial charge >= 0.3 is 5.97 Å². The monoisotopic (exact) mass is 208 g/mol. The van der Waals surface area contributed by atoms with Crippen LogP contribution in [0.5, 0.6) is 0 Å². The molecule has 1 rings (SSSR count). The van der Waals surface area contributed by atoms with Crippen LogP contribution in [0.3, 0.4) is 0 Å². The van der Waals surface area contributed by atoms with E-state index in [1.165, 1.54) is 0 Å². The van der Waals surface area contributed by atoms with E-state index in [9.17, 15) is 9.90 Å². The number of carbonyl (C=O) groups is 1. The molecule has 3 nitrogen and oxygen atoms in total. The van der Waals surface area contributed by atoms with Crippen molar-refractivity contribution in [1.29, 1.82) is 0 Å². The number of aliphatic hydroxyl groups is 1. The van der Waals surface area contributed by atoms with E-state index in [1.54, 1.807) is 12.1 Å². The zero-order valence-electron chi connectivity index (χ0n) is 8.81. The Balaban J connectivity index is 2.90. The third-order valence-electron chi connectivity index (χ3n) is 2.38. The van der Waals surface area contributed by atoms with Crippen molar-refractivity contribution < 1.29 is 15.0 Å². The molecule has 0 saturated heterocycles. The van der Waals surface area contributed by atoms with E-state index in [0.717, 1.165) is 24.8 Å². The maximum absolute atomic E-state index is 10.7. The van der Waals surface area contributed by atoms with Crippen molar-refractivity contribution >= 4 is 5.97 Å². The highest BCUT2D eigenvalue weighted by Crippen LogP contribution is 2.19. The number of benzene rings is 1. The van der Waals surface area contributed by atoms with Gasteiger partial charge < -0.3 is 10.2 Å². The summed E-state index contributed by atoms with van der Waals surface area (Å²) in [6, 6.07) is 7.15. The predicted octanol–water partition coefficient (Wildman–Crippen LogP) is 2.15. The van der Waals surface area contributed by atoms with Crippen molar-refractivity contribution in [1.82, 2.24) is 0 Å². The van der Waals surface area contributed by atoms with Gasteiger partial charge in [0.1, 0.15) is 0 Å². The van der Waals surface area contributed by atoms with Gasteiger partial charge in [-0.1, -0.05) is 37.6 Å². The van der Waals surface area contributed by atoms with Crippen molar-refractivity contribution in [2.75, 3.05) is 0 Å². The maximum atomic E-state index is 10.7. The number of aryl methyl sites for hydroxylation is 1. The summed E-state index contributed by atoms with van der Waals surface area (Å²) in [4.78, 5) is 10.7. The fourth-order valence-electron chi connectivity index (χ4n) is 1.53. The highest BCUT2D eigenvalue weighted by Gasteiger charge is 2.18. The van der Waals surface area contributed by atoms with Gasteiger partial charge in [0.15, 0.2) is 6.10 Å². The quantitative estimate of drug-likeness (QED) is 0.779. The van der Waals surface area contributed by atoms with E-state index >= 15 is 0 Å². The first kappa shape index (κ1) is 11.7. The van der Waals surface area contributed by atoms with Crippen LogP contribution in [-0.4, -0.2) is 16.2 Å². The van der Waals surface area contributed by atoms with Gasteiger partial charge in [-0.2, -0.15) is 0 Å². The number of unbranched alkanes of at least 4 members (excludes halogenated alkanes) is 1. The molecular weight excluding hydrogens is 192 g/mol. The highest BCUT2D eigenvalue weighted by molar-refractivity contribution is 5.74. The summed E-state index contributed by atoms with van der Waals surface area (Å²) in [6.07, 6.45) is 1.47. The number of aliphatic carboxylic acids is 1. The topological polar surface area (TPSA) is 57.5 Å². The van der Waals surface area contributed by atoms with Crippen molar-refractivity contribution in [3.05, 3.63) is 35.4 Å². The molecule has 15 heavy (non-hydrogen) atoms. The van der Waals surface area contributed by atoms with E-state index in [0.29, 0.717) is 5.56 Å². The normalized spacial score (nSPS) is 12.4. The summed E-state index contributed by atoms with van der Waals surface area (Å²) >= 11 is 0. The molecule has 0 bridgehead atoms. The first-order chi connectivity index (χ1) is 7.16. The van der Waals surface area contributed by atoms with E-state index < -0.39 is 12.1 Å². The Labute approximate surface area is 89.4 Å². The van der Waals surface area contributed by atoms with Crippen molar-refractivity contribution in [3.8, 4) is 0 Å². The molecule has 1 atom stereocenters. The molecule has 1 aromatic rings. The Morgan fingerprint density at radius 2 is 2.07 bits per heavy atom. The molecule has 0 aliphatic rings. The SMILES string of the molecule is CCCCc1ccccc1C(O)C(=O)O. The molecule has 0 aromatic heterocycles. The molecule has 0 saturated carbocycles. The fraction of sp³-hybridized carbons (Fsp3) is 0.417. The van der Waals surface area contributed by atoms with Gasteiger partial charge in [-0.05, 0) is 24.0 Å².